The van der Waals surface area contributed by atoms with Crippen LogP contribution in [0.5, 0.6) is 0 Å². The van der Waals surface area contributed by atoms with Crippen LogP contribution in [-0.4, -0.2) is 43.0 Å². The molecule has 1 atom stereocenters. The van der Waals surface area contributed by atoms with Crippen LogP contribution >= 0.6 is 0 Å². The Hall–Kier alpha value is -1.39. The second kappa shape index (κ2) is 5.80. The van der Waals surface area contributed by atoms with Gasteiger partial charge in [0, 0.05) is 31.4 Å². The molecule has 4 nitrogen and oxygen atoms in total. The molecule has 0 aromatic heterocycles. The molecule has 0 saturated carbocycles. The first kappa shape index (κ1) is 12.1. The fourth-order valence-corrected chi connectivity index (χ4v) is 2.02. The van der Waals surface area contributed by atoms with Gasteiger partial charge in [-0.15, -0.1) is 0 Å². The molecule has 1 fully saturated rings. The first-order valence-electron chi connectivity index (χ1n) is 6.05. The largest absolute Gasteiger partial charge is 0.325 e. The van der Waals surface area contributed by atoms with Gasteiger partial charge in [0.2, 0.25) is 5.91 Å². The van der Waals surface area contributed by atoms with Crippen LogP contribution in [0.2, 0.25) is 0 Å². The maximum atomic E-state index is 11.9. The number of hydrogen-bond acceptors (Lipinski definition) is 3. The zero-order valence-electron chi connectivity index (χ0n) is 10.1. The quantitative estimate of drug-likeness (QED) is 0.816. The molecule has 0 aliphatic carbocycles. The molecular formula is C13H19N3O. The Balaban J connectivity index is 1.84. The standard InChI is InChI=1S/C13H19N3O/c1-11-9-14-7-8-16(11)10-13(17)15-12-5-3-2-4-6-12/h2-6,11,14H,7-10H2,1H3,(H,15,17)/t11-/m0/s1. The summed E-state index contributed by atoms with van der Waals surface area (Å²) in [6.45, 7) is 5.46. The summed E-state index contributed by atoms with van der Waals surface area (Å²) in [5.74, 6) is 0.0601. The molecule has 0 radical (unpaired) electrons. The first-order chi connectivity index (χ1) is 8.25. The van der Waals surface area contributed by atoms with Gasteiger partial charge in [-0.05, 0) is 19.1 Å². The highest BCUT2D eigenvalue weighted by Crippen LogP contribution is 2.06. The lowest BCUT2D eigenvalue weighted by Crippen LogP contribution is -2.51. The van der Waals surface area contributed by atoms with Gasteiger partial charge in [0.1, 0.15) is 0 Å². The lowest BCUT2D eigenvalue weighted by atomic mass is 10.2. The highest BCUT2D eigenvalue weighted by Gasteiger charge is 2.19. The number of amides is 1. The number of hydrogen-bond donors (Lipinski definition) is 2. The highest BCUT2D eigenvalue weighted by molar-refractivity contribution is 5.92. The average Bonchev–Trinajstić information content (AvgIpc) is 2.33. The van der Waals surface area contributed by atoms with Gasteiger partial charge < -0.3 is 10.6 Å². The summed E-state index contributed by atoms with van der Waals surface area (Å²) in [7, 11) is 0. The predicted octanol–water partition coefficient (Wildman–Crippen LogP) is 0.919. The molecule has 1 aliphatic heterocycles. The van der Waals surface area contributed by atoms with Crippen molar-refractivity contribution in [1.29, 1.82) is 0 Å². The summed E-state index contributed by atoms with van der Waals surface area (Å²) in [4.78, 5) is 14.1. The predicted molar refractivity (Wildman–Crippen MR) is 69.0 cm³/mol. The number of anilines is 1. The summed E-state index contributed by atoms with van der Waals surface area (Å²) in [5, 5.41) is 6.22. The molecule has 4 heteroatoms. The Morgan fingerprint density at radius 1 is 1.47 bits per heavy atom. The van der Waals surface area contributed by atoms with E-state index in [9.17, 15) is 4.79 Å². The number of carbonyl (C=O) groups is 1. The minimum atomic E-state index is 0.0601. The van der Waals surface area contributed by atoms with Crippen LogP contribution in [0.3, 0.4) is 0 Å². The van der Waals surface area contributed by atoms with Crippen LogP contribution in [0.15, 0.2) is 30.3 Å². The van der Waals surface area contributed by atoms with Gasteiger partial charge in [-0.1, -0.05) is 18.2 Å². The molecule has 2 rings (SSSR count). The molecule has 0 bridgehead atoms. The Morgan fingerprint density at radius 2 is 2.24 bits per heavy atom. The fraction of sp³-hybridized carbons (Fsp3) is 0.462. The summed E-state index contributed by atoms with van der Waals surface area (Å²) >= 11 is 0. The smallest absolute Gasteiger partial charge is 0.238 e. The Kier molecular flexibility index (Phi) is 4.12. The molecule has 0 spiro atoms. The Morgan fingerprint density at radius 3 is 2.94 bits per heavy atom. The topological polar surface area (TPSA) is 44.4 Å². The lowest BCUT2D eigenvalue weighted by molar-refractivity contribution is -0.118. The highest BCUT2D eigenvalue weighted by atomic mass is 16.2. The van der Waals surface area contributed by atoms with Crippen molar-refractivity contribution < 1.29 is 4.79 Å². The third-order valence-electron chi connectivity index (χ3n) is 3.04. The van der Waals surface area contributed by atoms with Crippen molar-refractivity contribution in [3.8, 4) is 0 Å². The van der Waals surface area contributed by atoms with Crippen molar-refractivity contribution in [2.75, 3.05) is 31.5 Å². The van der Waals surface area contributed by atoms with E-state index in [-0.39, 0.29) is 5.91 Å². The van der Waals surface area contributed by atoms with Crippen molar-refractivity contribution in [2.45, 2.75) is 13.0 Å². The second-order valence-corrected chi connectivity index (χ2v) is 4.44. The van der Waals surface area contributed by atoms with E-state index in [1.807, 2.05) is 30.3 Å². The number of piperazine rings is 1. The van der Waals surface area contributed by atoms with Crippen LogP contribution in [-0.2, 0) is 4.79 Å². The number of rotatable bonds is 3. The molecular weight excluding hydrogens is 214 g/mol. The molecule has 1 aliphatic rings. The van der Waals surface area contributed by atoms with Crippen LogP contribution in [0.25, 0.3) is 0 Å². The zero-order chi connectivity index (χ0) is 12.1. The number of nitrogens with one attached hydrogen (secondary N) is 2. The zero-order valence-corrected chi connectivity index (χ0v) is 10.1. The molecule has 92 valence electrons. The van der Waals surface area contributed by atoms with Gasteiger partial charge in [0.05, 0.1) is 6.54 Å². The summed E-state index contributed by atoms with van der Waals surface area (Å²) in [6.07, 6.45) is 0. The van der Waals surface area contributed by atoms with Gasteiger partial charge in [-0.3, -0.25) is 9.69 Å². The van der Waals surface area contributed by atoms with Gasteiger partial charge in [-0.2, -0.15) is 0 Å². The SMILES string of the molecule is C[C@H]1CNCCN1CC(=O)Nc1ccccc1. The minimum Gasteiger partial charge on any atom is -0.325 e. The van der Waals surface area contributed by atoms with Gasteiger partial charge in [0.25, 0.3) is 0 Å². The van der Waals surface area contributed by atoms with E-state index >= 15 is 0 Å². The number of para-hydroxylation sites is 1. The molecule has 0 unspecified atom stereocenters. The van der Waals surface area contributed by atoms with Crippen LogP contribution in [0.1, 0.15) is 6.92 Å². The van der Waals surface area contributed by atoms with Crippen molar-refractivity contribution in [2.24, 2.45) is 0 Å². The van der Waals surface area contributed by atoms with Crippen LogP contribution in [0.4, 0.5) is 5.69 Å². The van der Waals surface area contributed by atoms with E-state index in [1.54, 1.807) is 0 Å². The minimum absolute atomic E-state index is 0.0601. The summed E-state index contributed by atoms with van der Waals surface area (Å²) in [5.41, 5.74) is 0.861. The molecule has 1 amide bonds. The van der Waals surface area contributed by atoms with Crippen molar-refractivity contribution in [3.63, 3.8) is 0 Å². The molecule has 1 aromatic carbocycles. The average molecular weight is 233 g/mol. The number of carbonyl (C=O) groups excluding carboxylic acids is 1. The normalized spacial score (nSPS) is 21.1. The molecule has 17 heavy (non-hydrogen) atoms. The Labute approximate surface area is 102 Å². The summed E-state index contributed by atoms with van der Waals surface area (Å²) < 4.78 is 0. The van der Waals surface area contributed by atoms with Crippen molar-refractivity contribution in [1.82, 2.24) is 10.2 Å². The maximum absolute atomic E-state index is 11.9. The molecule has 1 saturated heterocycles. The molecule has 2 N–H and O–H groups in total. The third kappa shape index (κ3) is 3.54. The molecule has 1 heterocycles. The van der Waals surface area contributed by atoms with E-state index in [0.29, 0.717) is 12.6 Å². The number of nitrogens with zero attached hydrogens (tertiary/aromatic N) is 1. The van der Waals surface area contributed by atoms with E-state index in [2.05, 4.69) is 22.5 Å². The summed E-state index contributed by atoms with van der Waals surface area (Å²) in [6, 6.07) is 10.0. The van der Waals surface area contributed by atoms with E-state index in [4.69, 9.17) is 0 Å². The van der Waals surface area contributed by atoms with Crippen LogP contribution in [0, 0.1) is 0 Å². The fourth-order valence-electron chi connectivity index (χ4n) is 2.02. The van der Waals surface area contributed by atoms with Crippen LogP contribution < -0.4 is 10.6 Å². The van der Waals surface area contributed by atoms with Crippen molar-refractivity contribution in [3.05, 3.63) is 30.3 Å². The maximum Gasteiger partial charge on any atom is 0.238 e. The molecule has 1 aromatic rings. The lowest BCUT2D eigenvalue weighted by Gasteiger charge is -2.33. The monoisotopic (exact) mass is 233 g/mol. The van der Waals surface area contributed by atoms with Crippen molar-refractivity contribution >= 4 is 11.6 Å². The first-order valence-corrected chi connectivity index (χ1v) is 6.05. The third-order valence-corrected chi connectivity index (χ3v) is 3.04. The van der Waals surface area contributed by atoms with E-state index in [1.165, 1.54) is 0 Å². The van der Waals surface area contributed by atoms with Gasteiger partial charge >= 0.3 is 0 Å². The van der Waals surface area contributed by atoms with E-state index in [0.717, 1.165) is 25.3 Å². The Bertz CT molecular complexity index is 366. The van der Waals surface area contributed by atoms with E-state index < -0.39 is 0 Å². The number of benzene rings is 1. The van der Waals surface area contributed by atoms with Gasteiger partial charge in [0.15, 0.2) is 0 Å². The van der Waals surface area contributed by atoms with Gasteiger partial charge in [-0.25, -0.2) is 0 Å². The second-order valence-electron chi connectivity index (χ2n) is 4.44.